The van der Waals surface area contributed by atoms with Crippen LogP contribution in [0.5, 0.6) is 5.75 Å². The van der Waals surface area contributed by atoms with Crippen molar-refractivity contribution in [3.8, 4) is 5.75 Å². The van der Waals surface area contributed by atoms with Crippen molar-refractivity contribution in [2.24, 2.45) is 0 Å². The molecule has 26 heavy (non-hydrogen) atoms. The molecule has 2 aromatic rings. The summed E-state index contributed by atoms with van der Waals surface area (Å²) < 4.78 is 0. The van der Waals surface area contributed by atoms with Crippen LogP contribution in [0.15, 0.2) is 48.5 Å². The molecule has 1 unspecified atom stereocenters. The molecule has 0 aromatic heterocycles. The second-order valence-corrected chi connectivity index (χ2v) is 7.51. The summed E-state index contributed by atoms with van der Waals surface area (Å²) in [7, 11) is 0. The summed E-state index contributed by atoms with van der Waals surface area (Å²) in [5.74, 6) is 0.599. The van der Waals surface area contributed by atoms with Crippen molar-refractivity contribution in [2.75, 3.05) is 6.54 Å². The lowest BCUT2D eigenvalue weighted by Crippen LogP contribution is -2.44. The molecular weight excluding hydrogens is 324 g/mol. The van der Waals surface area contributed by atoms with Gasteiger partial charge in [-0.25, -0.2) is 0 Å². The minimum Gasteiger partial charge on any atom is -0.508 e. The lowest BCUT2D eigenvalue weighted by molar-refractivity contribution is -0.130. The van der Waals surface area contributed by atoms with Gasteiger partial charge in [0.15, 0.2) is 0 Å². The van der Waals surface area contributed by atoms with E-state index in [-0.39, 0.29) is 18.1 Å². The number of amides is 1. The summed E-state index contributed by atoms with van der Waals surface area (Å²) in [4.78, 5) is 17.6. The van der Waals surface area contributed by atoms with Crippen LogP contribution in [-0.2, 0) is 17.8 Å². The first kappa shape index (κ1) is 17.1. The third kappa shape index (κ3) is 3.21. The molecule has 2 aliphatic rings. The van der Waals surface area contributed by atoms with Gasteiger partial charge in [0.25, 0.3) is 0 Å². The van der Waals surface area contributed by atoms with Gasteiger partial charge in [-0.15, -0.1) is 0 Å². The number of rotatable bonds is 4. The molecule has 2 aliphatic heterocycles. The number of fused-ring (bicyclic) bond motifs is 1. The number of carbonyl (C=O) groups excluding carboxylic acids is 1. The van der Waals surface area contributed by atoms with Gasteiger partial charge in [-0.05, 0) is 42.5 Å². The number of piperidine rings is 1. The van der Waals surface area contributed by atoms with E-state index in [1.54, 1.807) is 6.07 Å². The predicted molar refractivity (Wildman–Crippen MR) is 102 cm³/mol. The summed E-state index contributed by atoms with van der Waals surface area (Å²) in [5, 5.41) is 9.81. The first-order chi connectivity index (χ1) is 12.6. The summed E-state index contributed by atoms with van der Waals surface area (Å²) in [6, 6.07) is 16.1. The average Bonchev–Trinajstić information content (AvgIpc) is 2.92. The zero-order chi connectivity index (χ0) is 18.1. The zero-order valence-electron chi connectivity index (χ0n) is 15.3. The van der Waals surface area contributed by atoms with E-state index in [0.717, 1.165) is 37.8 Å². The highest BCUT2D eigenvalue weighted by Crippen LogP contribution is 2.33. The predicted octanol–water partition coefficient (Wildman–Crippen LogP) is 3.47. The van der Waals surface area contributed by atoms with E-state index in [1.807, 2.05) is 37.3 Å². The molecule has 1 N–H and O–H groups in total. The highest BCUT2D eigenvalue weighted by atomic mass is 16.3. The van der Waals surface area contributed by atoms with E-state index < -0.39 is 0 Å². The third-order valence-electron chi connectivity index (χ3n) is 5.73. The molecule has 4 rings (SSSR count). The van der Waals surface area contributed by atoms with Crippen molar-refractivity contribution in [3.63, 3.8) is 0 Å². The molecule has 0 bridgehead atoms. The number of hydrogen-bond donors (Lipinski definition) is 1. The summed E-state index contributed by atoms with van der Waals surface area (Å²) in [6.07, 6.45) is 4.16. The van der Waals surface area contributed by atoms with Gasteiger partial charge in [-0.3, -0.25) is 9.69 Å². The maximum atomic E-state index is 13.1. The van der Waals surface area contributed by atoms with Gasteiger partial charge >= 0.3 is 0 Å². The Morgan fingerprint density at radius 2 is 1.88 bits per heavy atom. The number of hydrogen-bond acceptors (Lipinski definition) is 3. The lowest BCUT2D eigenvalue weighted by atomic mass is 10.0. The Labute approximate surface area is 155 Å². The van der Waals surface area contributed by atoms with Crippen LogP contribution < -0.4 is 0 Å². The minimum absolute atomic E-state index is 0.0377. The first-order valence-electron chi connectivity index (χ1n) is 9.52. The fourth-order valence-corrected chi connectivity index (χ4v) is 4.34. The van der Waals surface area contributed by atoms with Crippen molar-refractivity contribution in [1.82, 2.24) is 9.80 Å². The molecule has 136 valence electrons. The van der Waals surface area contributed by atoms with Crippen molar-refractivity contribution in [2.45, 2.75) is 51.4 Å². The van der Waals surface area contributed by atoms with Gasteiger partial charge < -0.3 is 10.0 Å². The molecule has 0 saturated carbocycles. The summed E-state index contributed by atoms with van der Waals surface area (Å²) >= 11 is 0. The van der Waals surface area contributed by atoms with Crippen LogP contribution in [0.4, 0.5) is 0 Å². The summed E-state index contributed by atoms with van der Waals surface area (Å²) in [6.45, 7) is 3.57. The monoisotopic (exact) mass is 350 g/mol. The molecule has 2 saturated heterocycles. The Morgan fingerprint density at radius 3 is 2.65 bits per heavy atom. The number of aromatic hydroxyl groups is 1. The molecule has 4 heteroatoms. The van der Waals surface area contributed by atoms with E-state index in [0.29, 0.717) is 12.3 Å². The quantitative estimate of drug-likeness (QED) is 0.918. The van der Waals surface area contributed by atoms with Gasteiger partial charge in [-0.1, -0.05) is 48.9 Å². The smallest absolute Gasteiger partial charge is 0.241 e. The fraction of sp³-hybridized carbons (Fsp3) is 0.409. The van der Waals surface area contributed by atoms with E-state index >= 15 is 0 Å². The van der Waals surface area contributed by atoms with Gasteiger partial charge in [0.1, 0.15) is 5.75 Å². The highest BCUT2D eigenvalue weighted by molar-refractivity contribution is 5.84. The van der Waals surface area contributed by atoms with Crippen LogP contribution in [0.1, 0.15) is 36.0 Å². The molecular formula is C22H26N2O2. The lowest BCUT2D eigenvalue weighted by Gasteiger charge is -2.33. The Bertz CT molecular complexity index is 790. The zero-order valence-corrected chi connectivity index (χ0v) is 15.3. The van der Waals surface area contributed by atoms with Crippen molar-refractivity contribution < 1.29 is 9.90 Å². The first-order valence-corrected chi connectivity index (χ1v) is 9.52. The maximum Gasteiger partial charge on any atom is 0.241 e. The fourth-order valence-electron chi connectivity index (χ4n) is 4.34. The molecule has 0 aliphatic carbocycles. The van der Waals surface area contributed by atoms with Crippen molar-refractivity contribution >= 4 is 5.91 Å². The largest absolute Gasteiger partial charge is 0.508 e. The molecule has 0 radical (unpaired) electrons. The van der Waals surface area contributed by atoms with Crippen LogP contribution >= 0.6 is 0 Å². The van der Waals surface area contributed by atoms with Crippen LogP contribution in [0.3, 0.4) is 0 Å². The molecule has 2 fully saturated rings. The van der Waals surface area contributed by atoms with E-state index in [1.165, 1.54) is 11.1 Å². The maximum absolute atomic E-state index is 13.1. The molecule has 2 heterocycles. The van der Waals surface area contributed by atoms with Crippen LogP contribution in [0.2, 0.25) is 0 Å². The number of phenols is 1. The average molecular weight is 350 g/mol. The molecule has 1 amide bonds. The van der Waals surface area contributed by atoms with Crippen molar-refractivity contribution in [3.05, 3.63) is 65.2 Å². The van der Waals surface area contributed by atoms with E-state index in [9.17, 15) is 9.90 Å². The van der Waals surface area contributed by atoms with Crippen LogP contribution in [-0.4, -0.2) is 39.6 Å². The van der Waals surface area contributed by atoms with Gasteiger partial charge in [0.05, 0.1) is 12.2 Å². The molecule has 2 atom stereocenters. The van der Waals surface area contributed by atoms with Gasteiger partial charge in [0.2, 0.25) is 5.91 Å². The van der Waals surface area contributed by atoms with E-state index in [2.05, 4.69) is 21.9 Å². The summed E-state index contributed by atoms with van der Waals surface area (Å²) in [5.41, 5.74) is 3.23. The SMILES string of the molecule is Cc1cc(C[C@@H]2N(Cc3ccccc3)C(=O)C3CCCCN32)ccc1O. The minimum atomic E-state index is 0.0377. The normalized spacial score (nSPS) is 23.3. The standard InChI is InChI=1S/C22H26N2O2/c1-16-13-18(10-11-20(16)25)14-21-23-12-6-5-9-19(23)22(26)24(21)15-17-7-3-2-4-8-17/h2-4,7-8,10-11,13,19,21,25H,5-6,9,12,14-15H2,1H3/t19?,21-/m0/s1. The molecule has 2 aromatic carbocycles. The van der Waals surface area contributed by atoms with Crippen molar-refractivity contribution in [1.29, 1.82) is 0 Å². The Balaban J connectivity index is 1.62. The van der Waals surface area contributed by atoms with E-state index in [4.69, 9.17) is 0 Å². The molecule has 0 spiro atoms. The second-order valence-electron chi connectivity index (χ2n) is 7.51. The Morgan fingerprint density at radius 1 is 1.08 bits per heavy atom. The third-order valence-corrected chi connectivity index (χ3v) is 5.73. The molecule has 4 nitrogen and oxygen atoms in total. The number of nitrogens with zero attached hydrogens (tertiary/aromatic N) is 2. The van der Waals surface area contributed by atoms with Gasteiger partial charge in [0, 0.05) is 19.5 Å². The Kier molecular flexibility index (Phi) is 4.68. The number of carbonyl (C=O) groups is 1. The number of phenolic OH excluding ortho intramolecular Hbond substituents is 1. The highest BCUT2D eigenvalue weighted by Gasteiger charge is 2.46. The second kappa shape index (κ2) is 7.12. The number of aryl methyl sites for hydroxylation is 1. The Hall–Kier alpha value is -2.33. The topological polar surface area (TPSA) is 43.8 Å². The van der Waals surface area contributed by atoms with Gasteiger partial charge in [-0.2, -0.15) is 0 Å². The van der Waals surface area contributed by atoms with Crippen LogP contribution in [0, 0.1) is 6.92 Å². The van der Waals surface area contributed by atoms with Crippen LogP contribution in [0.25, 0.3) is 0 Å². The number of benzene rings is 2.